The Labute approximate surface area is 180 Å². The molecule has 0 atom stereocenters. The van der Waals surface area contributed by atoms with Gasteiger partial charge in [-0.25, -0.2) is 19.9 Å². The third-order valence-corrected chi connectivity index (χ3v) is 3.21. The molecule has 0 amide bonds. The molecule has 0 saturated heterocycles. The first-order valence-electron chi connectivity index (χ1n) is 7.63. The average Bonchev–Trinajstić information content (AvgIpc) is 2.72. The van der Waals surface area contributed by atoms with Crippen molar-refractivity contribution in [3.63, 3.8) is 0 Å². The van der Waals surface area contributed by atoms with Gasteiger partial charge in [0.1, 0.15) is 0 Å². The van der Waals surface area contributed by atoms with Crippen molar-refractivity contribution in [1.29, 1.82) is 0 Å². The van der Waals surface area contributed by atoms with E-state index in [4.69, 9.17) is 23.2 Å². The molecule has 0 aliphatic heterocycles. The van der Waals surface area contributed by atoms with Crippen molar-refractivity contribution in [1.82, 2.24) is 19.9 Å². The summed E-state index contributed by atoms with van der Waals surface area (Å²) >= 11 is 11.0. The van der Waals surface area contributed by atoms with Gasteiger partial charge in [-0.15, -0.1) is 0 Å². The van der Waals surface area contributed by atoms with Crippen LogP contribution in [0.2, 0.25) is 10.6 Å². The molecule has 4 nitrogen and oxygen atoms in total. The molecule has 2 aromatic heterocycles. The molecular formula is C20H15Cl2LiN4. The van der Waals surface area contributed by atoms with Gasteiger partial charge in [0.25, 0.3) is 0 Å². The van der Waals surface area contributed by atoms with Crippen LogP contribution < -0.4 is 18.9 Å². The van der Waals surface area contributed by atoms with E-state index in [1.807, 2.05) is 66.7 Å². The quantitative estimate of drug-likeness (QED) is 0.285. The molecule has 0 aliphatic rings. The number of hydrogen-bond donors (Lipinski definition) is 0. The van der Waals surface area contributed by atoms with Crippen molar-refractivity contribution in [3.8, 4) is 11.3 Å². The largest absolute Gasteiger partial charge is 1.00 e. The zero-order valence-corrected chi connectivity index (χ0v) is 16.2. The van der Waals surface area contributed by atoms with Gasteiger partial charge in [-0.05, 0) is 35.3 Å². The summed E-state index contributed by atoms with van der Waals surface area (Å²) in [7, 11) is 0. The average molecular weight is 389 g/mol. The van der Waals surface area contributed by atoms with Gasteiger partial charge in [0.05, 0.1) is 5.69 Å². The first kappa shape index (κ1) is 22.8. The summed E-state index contributed by atoms with van der Waals surface area (Å²) < 4.78 is 0. The van der Waals surface area contributed by atoms with E-state index < -0.39 is 0 Å². The molecule has 0 spiro atoms. The van der Waals surface area contributed by atoms with E-state index in [9.17, 15) is 0 Å². The van der Waals surface area contributed by atoms with Crippen LogP contribution in [-0.2, 0) is 0 Å². The van der Waals surface area contributed by atoms with E-state index in [-0.39, 0.29) is 24.1 Å². The summed E-state index contributed by atoms with van der Waals surface area (Å²) in [6.07, 6.45) is 4.84. The zero-order chi connectivity index (χ0) is 18.5. The first-order chi connectivity index (χ1) is 12.8. The van der Waals surface area contributed by atoms with E-state index in [1.165, 1.54) is 0 Å². The molecule has 0 radical (unpaired) electrons. The Balaban J connectivity index is 0.000000221. The molecule has 0 aliphatic carbocycles. The van der Waals surface area contributed by atoms with Gasteiger partial charge in [-0.3, -0.25) is 0 Å². The molecule has 4 aromatic rings. The van der Waals surface area contributed by atoms with Gasteiger partial charge in [0.2, 0.25) is 10.6 Å². The van der Waals surface area contributed by atoms with E-state index in [1.54, 1.807) is 24.7 Å². The molecule has 4 rings (SSSR count). The number of nitrogens with zero attached hydrogens (tertiary/aromatic N) is 4. The molecule has 2 heterocycles. The molecule has 130 valence electrons. The fourth-order valence-corrected chi connectivity index (χ4v) is 1.99. The summed E-state index contributed by atoms with van der Waals surface area (Å²) in [5.74, 6) is 0. The molecule has 0 unspecified atom stereocenters. The van der Waals surface area contributed by atoms with Gasteiger partial charge in [0, 0.05) is 24.2 Å². The van der Waals surface area contributed by atoms with Crippen LogP contribution in [0.1, 0.15) is 0 Å². The summed E-state index contributed by atoms with van der Waals surface area (Å²) in [6.45, 7) is 0. The fourth-order valence-electron chi connectivity index (χ4n) is 1.73. The Morgan fingerprint density at radius 3 is 1.67 bits per heavy atom. The van der Waals surface area contributed by atoms with Crippen molar-refractivity contribution >= 4 is 23.2 Å². The minimum Gasteiger partial charge on any atom is -0.227 e. The molecule has 0 N–H and O–H groups in total. The van der Waals surface area contributed by atoms with Crippen molar-refractivity contribution in [2.24, 2.45) is 0 Å². The van der Waals surface area contributed by atoms with Crippen molar-refractivity contribution in [2.45, 2.75) is 0 Å². The Kier molecular flexibility index (Phi) is 11.8. The van der Waals surface area contributed by atoms with Crippen LogP contribution >= 0.6 is 23.2 Å². The second kappa shape index (κ2) is 13.9. The number of rotatable bonds is 1. The smallest absolute Gasteiger partial charge is 0.227 e. The standard InChI is InChI=1S/C10H7ClN2.C6H5.C4H3ClN2.Li/c11-10-12-7-6-9(13-10)8-4-2-1-3-5-8;1-2-4-6-5-3-1;5-4-6-2-1-3-7-4;/h1-7H;1-5H;1-3H;/q;-1;;+1. The summed E-state index contributed by atoms with van der Waals surface area (Å²) in [5.41, 5.74) is 1.90. The molecule has 7 heteroatoms. The number of halogens is 2. The van der Waals surface area contributed by atoms with Crippen LogP contribution in [0.3, 0.4) is 0 Å². The maximum absolute atomic E-state index is 5.67. The van der Waals surface area contributed by atoms with Gasteiger partial charge in [-0.2, -0.15) is 36.4 Å². The van der Waals surface area contributed by atoms with E-state index in [2.05, 4.69) is 26.0 Å². The Hall–Kier alpha value is -2.22. The molecule has 0 bridgehead atoms. The van der Waals surface area contributed by atoms with E-state index in [0.717, 1.165) is 11.3 Å². The maximum atomic E-state index is 5.67. The molecule has 0 saturated carbocycles. The third kappa shape index (κ3) is 9.88. The van der Waals surface area contributed by atoms with Gasteiger partial charge < -0.3 is 0 Å². The van der Waals surface area contributed by atoms with Crippen molar-refractivity contribution < 1.29 is 18.9 Å². The fraction of sp³-hybridized carbons (Fsp3) is 0. The molecule has 27 heavy (non-hydrogen) atoms. The van der Waals surface area contributed by atoms with Crippen LogP contribution in [0.5, 0.6) is 0 Å². The van der Waals surface area contributed by atoms with Gasteiger partial charge in [0.15, 0.2) is 0 Å². The Bertz CT molecular complexity index is 840. The molecular weight excluding hydrogens is 374 g/mol. The first-order valence-corrected chi connectivity index (χ1v) is 8.39. The summed E-state index contributed by atoms with van der Waals surface area (Å²) in [5, 5.41) is 0.573. The summed E-state index contributed by atoms with van der Waals surface area (Å²) in [4.78, 5) is 15.2. The van der Waals surface area contributed by atoms with Gasteiger partial charge >= 0.3 is 18.9 Å². The minimum absolute atomic E-state index is 0. The third-order valence-electron chi connectivity index (χ3n) is 2.84. The number of benzene rings is 2. The van der Waals surface area contributed by atoms with Crippen LogP contribution in [-0.4, -0.2) is 19.9 Å². The topological polar surface area (TPSA) is 51.6 Å². The summed E-state index contributed by atoms with van der Waals surface area (Å²) in [6, 6.07) is 25.9. The Morgan fingerprint density at radius 2 is 1.22 bits per heavy atom. The van der Waals surface area contributed by atoms with E-state index >= 15 is 0 Å². The zero-order valence-electron chi connectivity index (χ0n) is 14.7. The second-order valence-corrected chi connectivity index (χ2v) is 5.35. The van der Waals surface area contributed by atoms with Crippen molar-refractivity contribution in [3.05, 3.63) is 108 Å². The van der Waals surface area contributed by atoms with Crippen LogP contribution in [0.15, 0.2) is 91.4 Å². The SMILES string of the molecule is Clc1nccc(-c2ccccc2)n1.Clc1ncccn1.[Li+].[c-]1ccccc1. The maximum Gasteiger partial charge on any atom is 1.00 e. The second-order valence-electron chi connectivity index (χ2n) is 4.67. The minimum atomic E-state index is 0. The number of hydrogen-bond acceptors (Lipinski definition) is 4. The predicted octanol–water partition coefficient (Wildman–Crippen LogP) is 2.42. The van der Waals surface area contributed by atoms with Crippen LogP contribution in [0.4, 0.5) is 0 Å². The van der Waals surface area contributed by atoms with Crippen LogP contribution in [0, 0.1) is 6.07 Å². The molecule has 2 aromatic carbocycles. The number of aromatic nitrogens is 4. The van der Waals surface area contributed by atoms with Gasteiger partial charge in [-0.1, -0.05) is 30.3 Å². The Morgan fingerprint density at radius 1 is 0.630 bits per heavy atom. The monoisotopic (exact) mass is 388 g/mol. The normalized spacial score (nSPS) is 8.81. The van der Waals surface area contributed by atoms with E-state index in [0.29, 0.717) is 5.28 Å². The molecule has 0 fully saturated rings. The predicted molar refractivity (Wildman–Crippen MR) is 105 cm³/mol. The van der Waals surface area contributed by atoms with Crippen LogP contribution in [0.25, 0.3) is 11.3 Å². The van der Waals surface area contributed by atoms with Crippen molar-refractivity contribution in [2.75, 3.05) is 0 Å².